The molecule has 2 aliphatic rings. The molecule has 0 radical (unpaired) electrons. The highest BCUT2D eigenvalue weighted by Crippen LogP contribution is 2.33. The highest BCUT2D eigenvalue weighted by atomic mass is 16.6. The van der Waals surface area contributed by atoms with Gasteiger partial charge in [-0.3, -0.25) is 0 Å². The Bertz CT molecular complexity index is 154. The smallest absolute Gasteiger partial charge is 0.450 e. The van der Waals surface area contributed by atoms with E-state index in [2.05, 4.69) is 5.32 Å². The largest absolute Gasteiger partial charge is 0.503 e. The van der Waals surface area contributed by atoms with Crippen LogP contribution in [0.4, 0.5) is 4.79 Å². The fourth-order valence-electron chi connectivity index (χ4n) is 2.51. The van der Waals surface area contributed by atoms with Crippen molar-refractivity contribution in [1.82, 2.24) is 5.32 Å². The maximum atomic E-state index is 8.56. The lowest BCUT2D eigenvalue weighted by atomic mass is 9.76. The monoisotopic (exact) mass is 201 g/mol. The van der Waals surface area contributed by atoms with Gasteiger partial charge in [-0.15, -0.1) is 0 Å². The normalized spacial score (nSPS) is 30.9. The quantitative estimate of drug-likeness (QED) is 0.560. The topological polar surface area (TPSA) is 69.6 Å². The number of piperidine rings is 1. The van der Waals surface area contributed by atoms with Gasteiger partial charge >= 0.3 is 6.16 Å². The minimum Gasteiger partial charge on any atom is -0.450 e. The first-order chi connectivity index (χ1) is 6.70. The van der Waals surface area contributed by atoms with E-state index in [1.54, 1.807) is 0 Å². The molecule has 1 saturated carbocycles. The van der Waals surface area contributed by atoms with Gasteiger partial charge in [0.1, 0.15) is 0 Å². The van der Waals surface area contributed by atoms with Crippen LogP contribution in [0.5, 0.6) is 0 Å². The zero-order valence-corrected chi connectivity index (χ0v) is 8.41. The molecule has 2 fully saturated rings. The van der Waals surface area contributed by atoms with E-state index in [0.29, 0.717) is 0 Å². The minimum atomic E-state index is -1.83. The summed E-state index contributed by atoms with van der Waals surface area (Å²) in [6, 6.07) is 0. The average molecular weight is 201 g/mol. The second-order valence-electron chi connectivity index (χ2n) is 4.08. The molecule has 4 nitrogen and oxygen atoms in total. The summed E-state index contributed by atoms with van der Waals surface area (Å²) in [7, 11) is 0. The zero-order chi connectivity index (χ0) is 10.4. The lowest BCUT2D eigenvalue weighted by Crippen LogP contribution is -2.38. The van der Waals surface area contributed by atoms with Crippen LogP contribution < -0.4 is 5.32 Å². The number of fused-ring (bicyclic) bond motifs is 1. The third-order valence-corrected chi connectivity index (χ3v) is 3.16. The molecule has 1 aliphatic heterocycles. The van der Waals surface area contributed by atoms with E-state index in [1.165, 1.54) is 45.2 Å². The van der Waals surface area contributed by atoms with Gasteiger partial charge < -0.3 is 15.5 Å². The summed E-state index contributed by atoms with van der Waals surface area (Å²) in [5.41, 5.74) is 0. The first-order valence-corrected chi connectivity index (χ1v) is 5.32. The van der Waals surface area contributed by atoms with Gasteiger partial charge in [-0.1, -0.05) is 19.3 Å². The molecule has 2 atom stereocenters. The molecule has 3 N–H and O–H groups in total. The predicted molar refractivity (Wildman–Crippen MR) is 53.6 cm³/mol. The van der Waals surface area contributed by atoms with Gasteiger partial charge in [-0.25, -0.2) is 4.79 Å². The van der Waals surface area contributed by atoms with Crippen molar-refractivity contribution in [3.05, 3.63) is 0 Å². The standard InChI is InChI=1S/C9H17N.CH2O3/c1-2-4-9-7-10-6-5-8(9)3-1;2-1(3)4/h8-10H,1-7H2;(H2,2,3,4). The first-order valence-electron chi connectivity index (χ1n) is 5.32. The average Bonchev–Trinajstić information content (AvgIpc) is 2.17. The number of nitrogens with one attached hydrogen (secondary N) is 1. The Balaban J connectivity index is 0.000000213. The van der Waals surface area contributed by atoms with Gasteiger partial charge in [0.25, 0.3) is 0 Å². The molecule has 1 aliphatic carbocycles. The van der Waals surface area contributed by atoms with Gasteiger partial charge in [-0.2, -0.15) is 0 Å². The lowest BCUT2D eigenvalue weighted by Gasteiger charge is -2.35. The summed E-state index contributed by atoms with van der Waals surface area (Å²) >= 11 is 0. The molecular formula is C10H19NO3. The molecule has 0 amide bonds. The van der Waals surface area contributed by atoms with Crippen LogP contribution in [0.1, 0.15) is 32.1 Å². The fraction of sp³-hybridized carbons (Fsp3) is 0.900. The summed E-state index contributed by atoms with van der Waals surface area (Å²) < 4.78 is 0. The summed E-state index contributed by atoms with van der Waals surface area (Å²) in [4.78, 5) is 8.56. The van der Waals surface area contributed by atoms with Crippen LogP contribution in [-0.2, 0) is 0 Å². The third kappa shape index (κ3) is 3.96. The van der Waals surface area contributed by atoms with Crippen LogP contribution in [-0.4, -0.2) is 29.5 Å². The molecule has 1 saturated heterocycles. The summed E-state index contributed by atoms with van der Waals surface area (Å²) in [6.07, 6.45) is 5.62. The Morgan fingerprint density at radius 3 is 2.21 bits per heavy atom. The molecule has 0 bridgehead atoms. The molecule has 14 heavy (non-hydrogen) atoms. The van der Waals surface area contributed by atoms with E-state index < -0.39 is 6.16 Å². The van der Waals surface area contributed by atoms with Crippen molar-refractivity contribution in [2.45, 2.75) is 32.1 Å². The molecule has 0 aromatic heterocycles. The van der Waals surface area contributed by atoms with Gasteiger partial charge in [0.05, 0.1) is 0 Å². The Kier molecular flexibility index (Phi) is 4.73. The highest BCUT2D eigenvalue weighted by Gasteiger charge is 2.26. The minimum absolute atomic E-state index is 1.04. The predicted octanol–water partition coefficient (Wildman–Crippen LogP) is 2.01. The highest BCUT2D eigenvalue weighted by molar-refractivity contribution is 5.53. The number of hydrogen-bond donors (Lipinski definition) is 3. The maximum Gasteiger partial charge on any atom is 0.503 e. The first kappa shape index (κ1) is 11.3. The number of carbonyl (C=O) groups is 1. The summed E-state index contributed by atoms with van der Waals surface area (Å²) in [5.74, 6) is 2.14. The number of hydrogen-bond acceptors (Lipinski definition) is 2. The summed E-state index contributed by atoms with van der Waals surface area (Å²) in [5, 5.41) is 17.4. The van der Waals surface area contributed by atoms with Crippen LogP contribution in [0.3, 0.4) is 0 Å². The van der Waals surface area contributed by atoms with E-state index >= 15 is 0 Å². The van der Waals surface area contributed by atoms with Crippen molar-refractivity contribution in [3.63, 3.8) is 0 Å². The Hall–Kier alpha value is -0.770. The van der Waals surface area contributed by atoms with Crippen molar-refractivity contribution >= 4 is 6.16 Å². The second kappa shape index (κ2) is 5.86. The molecule has 2 unspecified atom stereocenters. The van der Waals surface area contributed by atoms with Crippen molar-refractivity contribution in [2.75, 3.05) is 13.1 Å². The number of carboxylic acid groups (broad SMARTS) is 2. The van der Waals surface area contributed by atoms with Crippen LogP contribution in [0.25, 0.3) is 0 Å². The molecule has 2 rings (SSSR count). The molecule has 4 heteroatoms. The van der Waals surface area contributed by atoms with E-state index in [-0.39, 0.29) is 0 Å². The molecule has 1 heterocycles. The number of rotatable bonds is 0. The lowest BCUT2D eigenvalue weighted by molar-refractivity contribution is 0.137. The Labute approximate surface area is 84.3 Å². The molecule has 0 aromatic rings. The van der Waals surface area contributed by atoms with Crippen molar-refractivity contribution in [3.8, 4) is 0 Å². The Morgan fingerprint density at radius 1 is 1.07 bits per heavy atom. The van der Waals surface area contributed by atoms with Crippen LogP contribution >= 0.6 is 0 Å². The molecule has 0 aromatic carbocycles. The van der Waals surface area contributed by atoms with Crippen molar-refractivity contribution in [1.29, 1.82) is 0 Å². The fourth-order valence-corrected chi connectivity index (χ4v) is 2.51. The van der Waals surface area contributed by atoms with E-state index in [4.69, 9.17) is 15.0 Å². The maximum absolute atomic E-state index is 8.56. The van der Waals surface area contributed by atoms with Crippen LogP contribution in [0.15, 0.2) is 0 Å². The SMILES string of the molecule is C1CCC2CNCCC2C1.O=C(O)O. The summed E-state index contributed by atoms with van der Waals surface area (Å²) in [6.45, 7) is 2.59. The Morgan fingerprint density at radius 2 is 1.64 bits per heavy atom. The zero-order valence-electron chi connectivity index (χ0n) is 8.41. The molecule has 0 spiro atoms. The van der Waals surface area contributed by atoms with Crippen molar-refractivity contribution in [2.24, 2.45) is 11.8 Å². The molecule has 82 valence electrons. The third-order valence-electron chi connectivity index (χ3n) is 3.16. The van der Waals surface area contributed by atoms with Gasteiger partial charge in [0.15, 0.2) is 0 Å². The van der Waals surface area contributed by atoms with Crippen molar-refractivity contribution < 1.29 is 15.0 Å². The van der Waals surface area contributed by atoms with Crippen LogP contribution in [0.2, 0.25) is 0 Å². The van der Waals surface area contributed by atoms with Gasteiger partial charge in [-0.05, 0) is 37.8 Å². The van der Waals surface area contributed by atoms with Crippen LogP contribution in [0, 0.1) is 11.8 Å². The molecular weight excluding hydrogens is 182 g/mol. The van der Waals surface area contributed by atoms with Gasteiger partial charge in [0, 0.05) is 0 Å². The van der Waals surface area contributed by atoms with Gasteiger partial charge in [0.2, 0.25) is 0 Å². The van der Waals surface area contributed by atoms with E-state index in [1.807, 2.05) is 0 Å². The second-order valence-corrected chi connectivity index (χ2v) is 4.08. The van der Waals surface area contributed by atoms with E-state index in [9.17, 15) is 0 Å². The van der Waals surface area contributed by atoms with E-state index in [0.717, 1.165) is 11.8 Å².